The van der Waals surface area contributed by atoms with E-state index in [2.05, 4.69) is 20.6 Å². The van der Waals surface area contributed by atoms with Gasteiger partial charge in [-0.25, -0.2) is 14.8 Å². The fourth-order valence-electron chi connectivity index (χ4n) is 2.31. The number of carbonyl (C=O) groups excluding carboxylic acids is 1. The quantitative estimate of drug-likeness (QED) is 0.677. The predicted octanol–water partition coefficient (Wildman–Crippen LogP) is 4.95. The van der Waals surface area contributed by atoms with Gasteiger partial charge in [-0.05, 0) is 31.0 Å². The van der Waals surface area contributed by atoms with Gasteiger partial charge >= 0.3 is 6.03 Å². The van der Waals surface area contributed by atoms with E-state index in [9.17, 15) is 4.79 Å². The smallest absolute Gasteiger partial charge is 0.320 e. The van der Waals surface area contributed by atoms with Crippen LogP contribution in [0.25, 0.3) is 20.8 Å². The third-order valence-corrected chi connectivity index (χ3v) is 5.35. The fourth-order valence-corrected chi connectivity index (χ4v) is 4.08. The zero-order valence-corrected chi connectivity index (χ0v) is 14.7. The second-order valence-electron chi connectivity index (χ2n) is 5.50. The van der Waals surface area contributed by atoms with Gasteiger partial charge in [0.1, 0.15) is 5.01 Å². The minimum atomic E-state index is -0.247. The monoisotopic (exact) mass is 378 g/mol. The topological polar surface area (TPSA) is 66.9 Å². The Morgan fingerprint density at radius 3 is 2.67 bits per heavy atom. The summed E-state index contributed by atoms with van der Waals surface area (Å²) in [4.78, 5) is 20.8. The maximum absolute atomic E-state index is 12.0. The van der Waals surface area contributed by atoms with Crippen molar-refractivity contribution in [1.82, 2.24) is 15.3 Å². The number of hydrogen-bond donors (Lipinski definition) is 2. The van der Waals surface area contributed by atoms with E-state index in [1.807, 2.05) is 0 Å². The summed E-state index contributed by atoms with van der Waals surface area (Å²) in [5.41, 5.74) is 1.43. The van der Waals surface area contributed by atoms with E-state index in [0.29, 0.717) is 26.4 Å². The van der Waals surface area contributed by atoms with E-state index in [1.165, 1.54) is 11.3 Å². The number of anilines is 1. The van der Waals surface area contributed by atoms with Crippen molar-refractivity contribution in [3.63, 3.8) is 0 Å². The minimum absolute atomic E-state index is 0.247. The summed E-state index contributed by atoms with van der Waals surface area (Å²) in [6.07, 6.45) is 3.67. The molecule has 2 heterocycles. The van der Waals surface area contributed by atoms with Crippen LogP contribution in [0.2, 0.25) is 10.0 Å². The highest BCUT2D eigenvalue weighted by atomic mass is 35.5. The summed E-state index contributed by atoms with van der Waals surface area (Å²) in [5.74, 6) is 0.484. The van der Waals surface area contributed by atoms with Crippen LogP contribution in [-0.4, -0.2) is 22.0 Å². The molecule has 5 nitrogen and oxygen atoms in total. The Kier molecular flexibility index (Phi) is 4.04. The zero-order chi connectivity index (χ0) is 16.7. The molecule has 1 saturated carbocycles. The van der Waals surface area contributed by atoms with E-state index in [0.717, 1.165) is 23.1 Å². The SMILES string of the molecule is O=C(Nc1nccc2nc(-c3c(Cl)cccc3Cl)sc12)NC1CC1. The van der Waals surface area contributed by atoms with Gasteiger partial charge in [0.15, 0.2) is 5.82 Å². The Morgan fingerprint density at radius 2 is 1.96 bits per heavy atom. The second-order valence-corrected chi connectivity index (χ2v) is 7.31. The van der Waals surface area contributed by atoms with Crippen molar-refractivity contribution in [3.05, 3.63) is 40.5 Å². The molecule has 4 rings (SSSR count). The van der Waals surface area contributed by atoms with Gasteiger partial charge in [0.2, 0.25) is 0 Å². The number of nitrogens with zero attached hydrogens (tertiary/aromatic N) is 2. The van der Waals surface area contributed by atoms with Crippen LogP contribution in [0.3, 0.4) is 0 Å². The molecule has 2 aromatic heterocycles. The highest BCUT2D eigenvalue weighted by Gasteiger charge is 2.24. The number of rotatable bonds is 3. The molecule has 0 atom stereocenters. The fraction of sp³-hybridized carbons (Fsp3) is 0.188. The van der Waals surface area contributed by atoms with Crippen LogP contribution >= 0.6 is 34.5 Å². The van der Waals surface area contributed by atoms with Crippen LogP contribution < -0.4 is 10.6 Å². The molecule has 0 spiro atoms. The molecule has 1 aliphatic rings. The molecule has 0 saturated heterocycles. The number of benzene rings is 1. The molecular formula is C16H12Cl2N4OS. The van der Waals surface area contributed by atoms with Crippen LogP contribution in [-0.2, 0) is 0 Å². The predicted molar refractivity (Wildman–Crippen MR) is 98.0 cm³/mol. The van der Waals surface area contributed by atoms with Crippen LogP contribution in [0.15, 0.2) is 30.5 Å². The first-order chi connectivity index (χ1) is 11.6. The first-order valence-corrected chi connectivity index (χ1v) is 8.96. The first kappa shape index (κ1) is 15.6. The molecule has 1 aromatic carbocycles. The Morgan fingerprint density at radius 1 is 1.21 bits per heavy atom. The van der Waals surface area contributed by atoms with Crippen molar-refractivity contribution in [2.75, 3.05) is 5.32 Å². The van der Waals surface area contributed by atoms with E-state index in [1.54, 1.807) is 30.5 Å². The molecule has 8 heteroatoms. The third kappa shape index (κ3) is 3.05. The largest absolute Gasteiger partial charge is 0.335 e. The maximum atomic E-state index is 12.0. The van der Waals surface area contributed by atoms with Gasteiger partial charge in [-0.15, -0.1) is 11.3 Å². The van der Waals surface area contributed by atoms with Crippen molar-refractivity contribution in [2.45, 2.75) is 18.9 Å². The minimum Gasteiger partial charge on any atom is -0.335 e. The lowest BCUT2D eigenvalue weighted by molar-refractivity contribution is 0.251. The molecule has 0 aliphatic heterocycles. The Labute approximate surface area is 152 Å². The Bertz CT molecular complexity index is 919. The average molecular weight is 379 g/mol. The van der Waals surface area contributed by atoms with Crippen LogP contribution in [0.1, 0.15) is 12.8 Å². The Hall–Kier alpha value is -1.89. The van der Waals surface area contributed by atoms with Gasteiger partial charge in [-0.3, -0.25) is 5.32 Å². The number of carbonyl (C=O) groups is 1. The molecule has 24 heavy (non-hydrogen) atoms. The summed E-state index contributed by atoms with van der Waals surface area (Å²) in [7, 11) is 0. The number of urea groups is 1. The lowest BCUT2D eigenvalue weighted by Gasteiger charge is -2.05. The van der Waals surface area contributed by atoms with Crippen LogP contribution in [0.4, 0.5) is 10.6 Å². The van der Waals surface area contributed by atoms with Crippen molar-refractivity contribution in [2.24, 2.45) is 0 Å². The molecular weight excluding hydrogens is 367 g/mol. The van der Waals surface area contributed by atoms with Gasteiger partial charge in [-0.1, -0.05) is 29.3 Å². The van der Waals surface area contributed by atoms with Crippen molar-refractivity contribution < 1.29 is 4.79 Å². The maximum Gasteiger partial charge on any atom is 0.320 e. The summed E-state index contributed by atoms with van der Waals surface area (Å²) in [6.45, 7) is 0. The summed E-state index contributed by atoms with van der Waals surface area (Å²) in [6, 6.07) is 7.17. The molecule has 122 valence electrons. The lowest BCUT2D eigenvalue weighted by Crippen LogP contribution is -2.30. The number of hydrogen-bond acceptors (Lipinski definition) is 4. The molecule has 0 radical (unpaired) electrons. The first-order valence-electron chi connectivity index (χ1n) is 7.39. The number of amides is 2. The van der Waals surface area contributed by atoms with Crippen LogP contribution in [0, 0.1) is 0 Å². The van der Waals surface area contributed by atoms with E-state index < -0.39 is 0 Å². The molecule has 3 aromatic rings. The van der Waals surface area contributed by atoms with Crippen LogP contribution in [0.5, 0.6) is 0 Å². The Balaban J connectivity index is 1.72. The molecule has 2 amide bonds. The number of pyridine rings is 1. The van der Waals surface area contributed by atoms with Crippen molar-refractivity contribution in [1.29, 1.82) is 0 Å². The summed E-state index contributed by atoms with van der Waals surface area (Å²) < 4.78 is 0.787. The summed E-state index contributed by atoms with van der Waals surface area (Å²) >= 11 is 13.9. The van der Waals surface area contributed by atoms with Gasteiger partial charge in [-0.2, -0.15) is 0 Å². The number of fused-ring (bicyclic) bond motifs is 1. The lowest BCUT2D eigenvalue weighted by atomic mass is 10.2. The third-order valence-electron chi connectivity index (χ3n) is 3.63. The highest BCUT2D eigenvalue weighted by molar-refractivity contribution is 7.22. The second kappa shape index (κ2) is 6.20. The van der Waals surface area contributed by atoms with E-state index >= 15 is 0 Å². The van der Waals surface area contributed by atoms with Crippen molar-refractivity contribution >= 4 is 56.6 Å². The molecule has 1 fully saturated rings. The van der Waals surface area contributed by atoms with E-state index in [-0.39, 0.29) is 12.1 Å². The van der Waals surface area contributed by atoms with Gasteiger partial charge < -0.3 is 5.32 Å². The normalized spacial score (nSPS) is 13.9. The number of thiazole rings is 1. The van der Waals surface area contributed by atoms with Gasteiger partial charge in [0.25, 0.3) is 0 Å². The number of aromatic nitrogens is 2. The average Bonchev–Trinajstić information content (AvgIpc) is 3.23. The summed E-state index contributed by atoms with van der Waals surface area (Å²) in [5, 5.41) is 7.44. The number of nitrogens with one attached hydrogen (secondary N) is 2. The van der Waals surface area contributed by atoms with E-state index in [4.69, 9.17) is 23.2 Å². The highest BCUT2D eigenvalue weighted by Crippen LogP contribution is 2.40. The molecule has 0 unspecified atom stereocenters. The molecule has 1 aliphatic carbocycles. The van der Waals surface area contributed by atoms with Gasteiger partial charge in [0, 0.05) is 17.8 Å². The standard InChI is InChI=1S/C16H12Cl2N4OS/c17-9-2-1-3-10(18)12(9)15-21-11-6-7-19-14(13(11)24-15)22-16(23)20-8-4-5-8/h1-3,6-8H,4-5H2,(H2,19,20,22,23). The van der Waals surface area contributed by atoms with Gasteiger partial charge in [0.05, 0.1) is 20.3 Å². The molecule has 2 N–H and O–H groups in total. The number of halogens is 2. The molecule has 0 bridgehead atoms. The van der Waals surface area contributed by atoms with Crippen molar-refractivity contribution in [3.8, 4) is 10.6 Å². The zero-order valence-electron chi connectivity index (χ0n) is 12.3.